The monoisotopic (exact) mass is 180 g/mol. The molecule has 0 aromatic carbocycles. The molecule has 0 aliphatic carbocycles. The first kappa shape index (κ1) is 9.29. The van der Waals surface area contributed by atoms with Crippen molar-refractivity contribution in [1.82, 2.24) is 10.5 Å². The fourth-order valence-corrected chi connectivity index (χ4v) is 0.715. The first-order valence-electron chi connectivity index (χ1n) is 3.51. The van der Waals surface area contributed by atoms with Crippen molar-refractivity contribution in [3.63, 3.8) is 0 Å². The fraction of sp³-hybridized carbons (Fsp3) is 0.250. The molecule has 5 heteroatoms. The standard InChI is InChI=1S/C8H8N2O3/c1-3-4-13-10-8(11)7-6(2)12-5-9-7/h1,5H,4H2,2H3,(H,10,11). The van der Waals surface area contributed by atoms with E-state index in [-0.39, 0.29) is 12.3 Å². The minimum Gasteiger partial charge on any atom is -0.448 e. The van der Waals surface area contributed by atoms with E-state index < -0.39 is 5.91 Å². The van der Waals surface area contributed by atoms with Crippen molar-refractivity contribution >= 4 is 5.91 Å². The highest BCUT2D eigenvalue weighted by molar-refractivity contribution is 5.92. The summed E-state index contributed by atoms with van der Waals surface area (Å²) in [6.07, 6.45) is 6.09. The largest absolute Gasteiger partial charge is 0.448 e. The highest BCUT2D eigenvalue weighted by Gasteiger charge is 2.12. The first-order valence-corrected chi connectivity index (χ1v) is 3.51. The molecule has 1 aromatic heterocycles. The van der Waals surface area contributed by atoms with Crippen LogP contribution in [0.4, 0.5) is 0 Å². The highest BCUT2D eigenvalue weighted by atomic mass is 16.6. The third kappa shape index (κ3) is 2.32. The van der Waals surface area contributed by atoms with Crippen molar-refractivity contribution in [2.24, 2.45) is 0 Å². The number of rotatable bonds is 3. The molecular weight excluding hydrogens is 172 g/mol. The maximum atomic E-state index is 11.2. The predicted molar refractivity (Wildman–Crippen MR) is 43.5 cm³/mol. The zero-order valence-corrected chi connectivity index (χ0v) is 7.03. The van der Waals surface area contributed by atoms with Gasteiger partial charge in [-0.3, -0.25) is 9.63 Å². The number of nitrogens with zero attached hydrogens (tertiary/aromatic N) is 1. The molecule has 0 spiro atoms. The summed E-state index contributed by atoms with van der Waals surface area (Å²) < 4.78 is 4.82. The van der Waals surface area contributed by atoms with Gasteiger partial charge >= 0.3 is 0 Å². The molecular formula is C8H8N2O3. The van der Waals surface area contributed by atoms with E-state index in [4.69, 9.17) is 10.8 Å². The van der Waals surface area contributed by atoms with Gasteiger partial charge in [0, 0.05) is 0 Å². The second-order valence-corrected chi connectivity index (χ2v) is 2.18. The minimum absolute atomic E-state index is 0.0165. The molecule has 0 unspecified atom stereocenters. The molecule has 1 heterocycles. The van der Waals surface area contributed by atoms with Crippen molar-refractivity contribution in [3.8, 4) is 12.3 Å². The van der Waals surface area contributed by atoms with Crippen molar-refractivity contribution in [3.05, 3.63) is 17.8 Å². The minimum atomic E-state index is -0.471. The van der Waals surface area contributed by atoms with E-state index in [0.717, 1.165) is 0 Å². The van der Waals surface area contributed by atoms with E-state index in [0.29, 0.717) is 5.76 Å². The summed E-state index contributed by atoms with van der Waals surface area (Å²) in [5.74, 6) is 2.16. The maximum Gasteiger partial charge on any atom is 0.297 e. The number of aromatic nitrogens is 1. The number of terminal acetylenes is 1. The number of nitrogens with one attached hydrogen (secondary N) is 1. The molecule has 1 amide bonds. The Kier molecular flexibility index (Phi) is 3.06. The summed E-state index contributed by atoms with van der Waals surface area (Å²) >= 11 is 0. The van der Waals surface area contributed by atoms with Gasteiger partial charge in [0.05, 0.1) is 0 Å². The summed E-state index contributed by atoms with van der Waals surface area (Å²) in [5, 5.41) is 0. The van der Waals surface area contributed by atoms with Gasteiger partial charge in [-0.15, -0.1) is 6.42 Å². The number of carbonyl (C=O) groups excluding carboxylic acids is 1. The Morgan fingerprint density at radius 1 is 1.92 bits per heavy atom. The molecule has 0 bridgehead atoms. The van der Waals surface area contributed by atoms with Gasteiger partial charge < -0.3 is 4.42 Å². The summed E-state index contributed by atoms with van der Waals surface area (Å²) in [6.45, 7) is 1.64. The van der Waals surface area contributed by atoms with E-state index >= 15 is 0 Å². The quantitative estimate of drug-likeness (QED) is 0.412. The Morgan fingerprint density at radius 2 is 2.69 bits per heavy atom. The Balaban J connectivity index is 2.50. The van der Waals surface area contributed by atoms with E-state index in [1.54, 1.807) is 6.92 Å². The predicted octanol–water partition coefficient (Wildman–Crippen LogP) is 0.278. The maximum absolute atomic E-state index is 11.2. The van der Waals surface area contributed by atoms with Crippen molar-refractivity contribution < 1.29 is 14.0 Å². The van der Waals surface area contributed by atoms with Crippen LogP contribution in [0.5, 0.6) is 0 Å². The average molecular weight is 180 g/mol. The number of oxazole rings is 1. The number of carbonyl (C=O) groups is 1. The SMILES string of the molecule is C#CCONC(=O)c1ncoc1C. The Morgan fingerprint density at radius 3 is 3.23 bits per heavy atom. The molecule has 1 N–H and O–H groups in total. The molecule has 0 saturated heterocycles. The van der Waals surface area contributed by atoms with E-state index in [1.165, 1.54) is 6.39 Å². The van der Waals surface area contributed by atoms with Crippen molar-refractivity contribution in [2.45, 2.75) is 6.92 Å². The lowest BCUT2D eigenvalue weighted by Crippen LogP contribution is -2.24. The van der Waals surface area contributed by atoms with Crippen LogP contribution in [0.25, 0.3) is 0 Å². The molecule has 13 heavy (non-hydrogen) atoms. The number of hydrogen-bond donors (Lipinski definition) is 1. The smallest absolute Gasteiger partial charge is 0.297 e. The Labute approximate surface area is 75.0 Å². The molecule has 0 aliphatic rings. The third-order valence-corrected chi connectivity index (χ3v) is 1.28. The summed E-state index contributed by atoms with van der Waals surface area (Å²) in [7, 11) is 0. The van der Waals surface area contributed by atoms with Crippen LogP contribution in [-0.2, 0) is 4.84 Å². The number of amides is 1. The highest BCUT2D eigenvalue weighted by Crippen LogP contribution is 2.03. The van der Waals surface area contributed by atoms with Crippen LogP contribution >= 0.6 is 0 Å². The fourth-order valence-electron chi connectivity index (χ4n) is 0.715. The topological polar surface area (TPSA) is 64.4 Å². The Hall–Kier alpha value is -1.80. The van der Waals surface area contributed by atoms with E-state index in [1.807, 2.05) is 0 Å². The average Bonchev–Trinajstić information content (AvgIpc) is 2.52. The van der Waals surface area contributed by atoms with Crippen LogP contribution in [0.3, 0.4) is 0 Å². The van der Waals surface area contributed by atoms with Crippen LogP contribution < -0.4 is 5.48 Å². The third-order valence-electron chi connectivity index (χ3n) is 1.28. The lowest BCUT2D eigenvalue weighted by atomic mass is 10.3. The van der Waals surface area contributed by atoms with Crippen LogP contribution in [0, 0.1) is 19.3 Å². The van der Waals surface area contributed by atoms with Gasteiger partial charge in [0.2, 0.25) is 0 Å². The molecule has 0 atom stereocenters. The summed E-state index contributed by atoms with van der Waals surface area (Å²) in [6, 6.07) is 0. The van der Waals surface area contributed by atoms with Gasteiger partial charge in [0.1, 0.15) is 12.4 Å². The van der Waals surface area contributed by atoms with Gasteiger partial charge in [0.15, 0.2) is 12.1 Å². The summed E-state index contributed by atoms with van der Waals surface area (Å²) in [5.41, 5.74) is 2.31. The zero-order chi connectivity index (χ0) is 9.68. The molecule has 0 fully saturated rings. The lowest BCUT2D eigenvalue weighted by Gasteiger charge is -1.99. The molecule has 0 aliphatic heterocycles. The molecule has 5 nitrogen and oxygen atoms in total. The van der Waals surface area contributed by atoms with Gasteiger partial charge in [-0.1, -0.05) is 5.92 Å². The lowest BCUT2D eigenvalue weighted by molar-refractivity contribution is 0.0432. The molecule has 1 aromatic rings. The van der Waals surface area contributed by atoms with Gasteiger partial charge in [-0.2, -0.15) is 0 Å². The van der Waals surface area contributed by atoms with Crippen LogP contribution in [-0.4, -0.2) is 17.5 Å². The zero-order valence-electron chi connectivity index (χ0n) is 7.03. The first-order chi connectivity index (χ1) is 6.25. The number of hydrogen-bond acceptors (Lipinski definition) is 4. The second-order valence-electron chi connectivity index (χ2n) is 2.18. The van der Waals surface area contributed by atoms with Crippen LogP contribution in [0.15, 0.2) is 10.8 Å². The Bertz CT molecular complexity index is 337. The molecule has 1 rings (SSSR count). The van der Waals surface area contributed by atoms with Crippen LogP contribution in [0.2, 0.25) is 0 Å². The number of hydroxylamine groups is 1. The van der Waals surface area contributed by atoms with Gasteiger partial charge in [-0.25, -0.2) is 10.5 Å². The van der Waals surface area contributed by atoms with E-state index in [2.05, 4.69) is 21.2 Å². The molecule has 68 valence electrons. The van der Waals surface area contributed by atoms with Crippen molar-refractivity contribution in [2.75, 3.05) is 6.61 Å². The van der Waals surface area contributed by atoms with Crippen molar-refractivity contribution in [1.29, 1.82) is 0 Å². The number of aryl methyl sites for hydroxylation is 1. The van der Waals surface area contributed by atoms with Gasteiger partial charge in [0.25, 0.3) is 5.91 Å². The molecule has 0 radical (unpaired) electrons. The van der Waals surface area contributed by atoms with Crippen LogP contribution in [0.1, 0.15) is 16.2 Å². The normalized spacial score (nSPS) is 9.23. The summed E-state index contributed by atoms with van der Waals surface area (Å²) in [4.78, 5) is 19.5. The van der Waals surface area contributed by atoms with E-state index in [9.17, 15) is 4.79 Å². The van der Waals surface area contributed by atoms with Gasteiger partial charge in [-0.05, 0) is 6.92 Å². The molecule has 0 saturated carbocycles. The second kappa shape index (κ2) is 4.28.